The zero-order valence-corrected chi connectivity index (χ0v) is 14.8. The number of nitrogens with zero attached hydrogens (tertiary/aromatic N) is 2. The van der Waals surface area contributed by atoms with E-state index in [-0.39, 0.29) is 22.1 Å². The minimum absolute atomic E-state index is 0.0160. The quantitative estimate of drug-likeness (QED) is 0.855. The number of hydrogen-bond donors (Lipinski definition) is 1. The van der Waals surface area contributed by atoms with Gasteiger partial charge >= 0.3 is 0 Å². The highest BCUT2D eigenvalue weighted by Gasteiger charge is 2.27. The number of hydrogen-bond acceptors (Lipinski definition) is 5. The van der Waals surface area contributed by atoms with Crippen LogP contribution in [0.3, 0.4) is 0 Å². The smallest absolute Gasteiger partial charge is 0.240 e. The van der Waals surface area contributed by atoms with Crippen LogP contribution in [0, 0.1) is 5.82 Å². The third kappa shape index (κ3) is 4.65. The van der Waals surface area contributed by atoms with E-state index in [2.05, 4.69) is 14.7 Å². The monoisotopic (exact) mass is 385 g/mol. The molecule has 1 heterocycles. The van der Waals surface area contributed by atoms with E-state index in [0.717, 1.165) is 12.1 Å². The number of sulfonamides is 1. The third-order valence-electron chi connectivity index (χ3n) is 4.02. The van der Waals surface area contributed by atoms with Crippen LogP contribution in [-0.4, -0.2) is 30.5 Å². The van der Waals surface area contributed by atoms with Gasteiger partial charge in [-0.05, 0) is 43.9 Å². The topological polar surface area (TPSA) is 81.2 Å². The summed E-state index contributed by atoms with van der Waals surface area (Å²) in [5.74, 6) is -0.185. The first-order valence-electron chi connectivity index (χ1n) is 7.84. The van der Waals surface area contributed by atoms with Gasteiger partial charge in [0.2, 0.25) is 15.9 Å². The van der Waals surface area contributed by atoms with Crippen LogP contribution in [0.1, 0.15) is 25.7 Å². The first-order chi connectivity index (χ1) is 11.9. The van der Waals surface area contributed by atoms with Gasteiger partial charge in [-0.25, -0.2) is 22.5 Å². The van der Waals surface area contributed by atoms with E-state index >= 15 is 0 Å². The van der Waals surface area contributed by atoms with Crippen molar-refractivity contribution < 1.29 is 17.5 Å². The van der Waals surface area contributed by atoms with E-state index in [4.69, 9.17) is 16.3 Å². The van der Waals surface area contributed by atoms with Gasteiger partial charge in [-0.2, -0.15) is 0 Å². The molecule has 1 saturated carbocycles. The minimum Gasteiger partial charge on any atom is -0.473 e. The molecule has 1 aromatic heterocycles. The highest BCUT2D eigenvalue weighted by atomic mass is 35.5. The Balaban J connectivity index is 1.57. The van der Waals surface area contributed by atoms with E-state index in [1.165, 1.54) is 6.07 Å². The van der Waals surface area contributed by atoms with Crippen molar-refractivity contribution in [1.29, 1.82) is 0 Å². The molecule has 0 spiro atoms. The van der Waals surface area contributed by atoms with Gasteiger partial charge < -0.3 is 4.74 Å². The largest absolute Gasteiger partial charge is 0.473 e. The number of nitrogens with one attached hydrogen (secondary N) is 1. The molecule has 0 saturated heterocycles. The Kier molecular flexibility index (Phi) is 5.51. The van der Waals surface area contributed by atoms with Crippen LogP contribution in [0.5, 0.6) is 5.88 Å². The molecule has 2 aromatic rings. The second-order valence-electron chi connectivity index (χ2n) is 5.83. The first-order valence-corrected chi connectivity index (χ1v) is 9.70. The van der Waals surface area contributed by atoms with Crippen LogP contribution in [0.4, 0.5) is 4.39 Å². The molecule has 0 atom stereocenters. The number of ether oxygens (including phenoxy) is 1. The second-order valence-corrected chi connectivity index (χ2v) is 7.95. The summed E-state index contributed by atoms with van der Waals surface area (Å²) in [5.41, 5.74) is 0. The van der Waals surface area contributed by atoms with Crippen molar-refractivity contribution in [3.05, 3.63) is 47.6 Å². The molecule has 3 rings (SSSR count). The van der Waals surface area contributed by atoms with Crippen LogP contribution in [-0.2, 0) is 10.0 Å². The van der Waals surface area contributed by atoms with E-state index in [1.807, 2.05) is 0 Å². The van der Waals surface area contributed by atoms with Crippen LogP contribution in [0.15, 0.2) is 41.7 Å². The minimum atomic E-state index is -3.74. The Morgan fingerprint density at radius 2 is 1.96 bits per heavy atom. The van der Waals surface area contributed by atoms with Crippen molar-refractivity contribution in [3.8, 4) is 5.88 Å². The van der Waals surface area contributed by atoms with Gasteiger partial charge in [-0.15, -0.1) is 0 Å². The van der Waals surface area contributed by atoms with Gasteiger partial charge in [0.15, 0.2) is 0 Å². The highest BCUT2D eigenvalue weighted by molar-refractivity contribution is 7.89. The fourth-order valence-electron chi connectivity index (χ4n) is 2.75. The van der Waals surface area contributed by atoms with Crippen molar-refractivity contribution in [3.63, 3.8) is 0 Å². The Hall–Kier alpha value is -1.77. The molecule has 9 heteroatoms. The molecule has 1 aliphatic rings. The second kappa shape index (κ2) is 7.63. The average molecular weight is 386 g/mol. The molecule has 1 fully saturated rings. The molecule has 0 amide bonds. The SMILES string of the molecule is O=S(=O)(NC1CCC(Oc2cnccn2)CC1)c1ccc(F)c(Cl)c1. The van der Waals surface area contributed by atoms with Gasteiger partial charge in [0.25, 0.3) is 0 Å². The number of rotatable bonds is 5. The number of halogens is 2. The number of benzene rings is 1. The normalized spacial score (nSPS) is 21.0. The van der Waals surface area contributed by atoms with Crippen molar-refractivity contribution >= 4 is 21.6 Å². The summed E-state index contributed by atoms with van der Waals surface area (Å²) in [6.07, 6.45) is 7.34. The lowest BCUT2D eigenvalue weighted by Crippen LogP contribution is -2.39. The maximum absolute atomic E-state index is 13.2. The maximum Gasteiger partial charge on any atom is 0.240 e. The summed E-state index contributed by atoms with van der Waals surface area (Å²) < 4.78 is 46.4. The molecule has 134 valence electrons. The van der Waals surface area contributed by atoms with Crippen molar-refractivity contribution in [2.45, 2.75) is 42.7 Å². The molecule has 0 aliphatic heterocycles. The first kappa shape index (κ1) is 18.0. The Morgan fingerprint density at radius 1 is 1.20 bits per heavy atom. The highest BCUT2D eigenvalue weighted by Crippen LogP contribution is 2.25. The molecule has 0 radical (unpaired) electrons. The van der Waals surface area contributed by atoms with E-state index in [9.17, 15) is 12.8 Å². The van der Waals surface area contributed by atoms with Gasteiger partial charge in [0.05, 0.1) is 16.1 Å². The molecule has 0 unspecified atom stereocenters. The summed E-state index contributed by atoms with van der Waals surface area (Å²) in [6, 6.07) is 3.16. The standard InChI is InChI=1S/C16H17ClFN3O3S/c17-14-9-13(5-6-15(14)18)25(22,23)21-11-1-3-12(4-2-11)24-16-10-19-7-8-20-16/h5-12,21H,1-4H2. The lowest BCUT2D eigenvalue weighted by molar-refractivity contribution is 0.138. The Bertz CT molecular complexity index is 828. The molecule has 1 aromatic carbocycles. The van der Waals surface area contributed by atoms with Gasteiger partial charge in [-0.3, -0.25) is 4.98 Å². The van der Waals surface area contributed by atoms with E-state index in [1.54, 1.807) is 18.6 Å². The van der Waals surface area contributed by atoms with Crippen molar-refractivity contribution in [1.82, 2.24) is 14.7 Å². The molecular weight excluding hydrogens is 369 g/mol. The van der Waals surface area contributed by atoms with Crippen molar-refractivity contribution in [2.24, 2.45) is 0 Å². The lowest BCUT2D eigenvalue weighted by atomic mass is 9.94. The Labute approximate surface area is 150 Å². The molecule has 6 nitrogen and oxygen atoms in total. The molecule has 0 bridgehead atoms. The molecule has 1 aliphatic carbocycles. The average Bonchev–Trinajstić information content (AvgIpc) is 2.60. The molecule has 25 heavy (non-hydrogen) atoms. The van der Waals surface area contributed by atoms with Crippen molar-refractivity contribution in [2.75, 3.05) is 0 Å². The third-order valence-corrected chi connectivity index (χ3v) is 5.83. The fraction of sp³-hybridized carbons (Fsp3) is 0.375. The predicted octanol–water partition coefficient (Wildman–Crippen LogP) is 2.94. The van der Waals surface area contributed by atoms with E-state index in [0.29, 0.717) is 31.6 Å². The lowest BCUT2D eigenvalue weighted by Gasteiger charge is -2.28. The summed E-state index contributed by atoms with van der Waals surface area (Å²) in [4.78, 5) is 7.97. The van der Waals surface area contributed by atoms with Gasteiger partial charge in [-0.1, -0.05) is 11.6 Å². The van der Waals surface area contributed by atoms with Crippen LogP contribution < -0.4 is 9.46 Å². The molecule has 1 N–H and O–H groups in total. The van der Waals surface area contributed by atoms with E-state index < -0.39 is 15.8 Å². The summed E-state index contributed by atoms with van der Waals surface area (Å²) in [5, 5.41) is -0.219. The summed E-state index contributed by atoms with van der Waals surface area (Å²) >= 11 is 5.66. The van der Waals surface area contributed by atoms with Gasteiger partial charge in [0.1, 0.15) is 11.9 Å². The zero-order chi connectivity index (χ0) is 17.9. The van der Waals surface area contributed by atoms with Gasteiger partial charge in [0, 0.05) is 18.4 Å². The maximum atomic E-state index is 13.2. The fourth-order valence-corrected chi connectivity index (χ4v) is 4.32. The molecular formula is C16H17ClFN3O3S. The van der Waals surface area contributed by atoms with Crippen LogP contribution >= 0.6 is 11.6 Å². The zero-order valence-electron chi connectivity index (χ0n) is 13.2. The summed E-state index contributed by atoms with van der Waals surface area (Å²) in [6.45, 7) is 0. The van der Waals surface area contributed by atoms with Crippen LogP contribution in [0.2, 0.25) is 5.02 Å². The summed E-state index contributed by atoms with van der Waals surface area (Å²) in [7, 11) is -3.74. The Morgan fingerprint density at radius 3 is 2.60 bits per heavy atom. The van der Waals surface area contributed by atoms with Crippen LogP contribution in [0.25, 0.3) is 0 Å². The predicted molar refractivity (Wildman–Crippen MR) is 90.4 cm³/mol. The number of aromatic nitrogens is 2.